The van der Waals surface area contributed by atoms with Gasteiger partial charge in [0.05, 0.1) is 19.3 Å². The summed E-state index contributed by atoms with van der Waals surface area (Å²) in [6.45, 7) is 7.71. The van der Waals surface area contributed by atoms with Crippen molar-refractivity contribution in [2.24, 2.45) is 0 Å². The van der Waals surface area contributed by atoms with Crippen LogP contribution in [0.3, 0.4) is 0 Å². The third-order valence-electron chi connectivity index (χ3n) is 4.78. The molecule has 1 unspecified atom stereocenters. The minimum Gasteiger partial charge on any atom is -0.378 e. The van der Waals surface area contributed by atoms with Gasteiger partial charge in [-0.15, -0.1) is 11.3 Å². The summed E-state index contributed by atoms with van der Waals surface area (Å²) in [5, 5.41) is 0. The van der Waals surface area contributed by atoms with Crippen LogP contribution in [-0.4, -0.2) is 47.7 Å². The number of morpholine rings is 1. The fourth-order valence-corrected chi connectivity index (χ4v) is 4.40. The number of thiophene rings is 1. The summed E-state index contributed by atoms with van der Waals surface area (Å²) in [6.07, 6.45) is 4.42. The molecule has 6 heteroatoms. The van der Waals surface area contributed by atoms with Gasteiger partial charge in [0.2, 0.25) is 0 Å². The van der Waals surface area contributed by atoms with Gasteiger partial charge in [0, 0.05) is 42.1 Å². The van der Waals surface area contributed by atoms with Crippen LogP contribution < -0.4 is 4.90 Å². The van der Waals surface area contributed by atoms with Gasteiger partial charge in [-0.25, -0.2) is 9.97 Å². The molecule has 24 heavy (non-hydrogen) atoms. The number of aryl methyl sites for hydroxylation is 1. The summed E-state index contributed by atoms with van der Waals surface area (Å²) in [5.41, 5.74) is 0. The maximum Gasteiger partial charge on any atom is 0.150 e. The van der Waals surface area contributed by atoms with E-state index in [1.807, 2.05) is 23.6 Å². The van der Waals surface area contributed by atoms with Crippen LogP contribution >= 0.6 is 11.3 Å². The van der Waals surface area contributed by atoms with Gasteiger partial charge in [0.1, 0.15) is 11.6 Å². The minimum atomic E-state index is 0.142. The molecule has 0 amide bonds. The van der Waals surface area contributed by atoms with E-state index in [1.54, 1.807) is 0 Å². The summed E-state index contributed by atoms with van der Waals surface area (Å²) in [7, 11) is 0. The second-order valence-electron chi connectivity index (χ2n) is 6.54. The molecule has 2 fully saturated rings. The van der Waals surface area contributed by atoms with Crippen LogP contribution in [0.5, 0.6) is 0 Å². The lowest BCUT2D eigenvalue weighted by molar-refractivity contribution is -0.0154. The van der Waals surface area contributed by atoms with Crippen LogP contribution in [0.2, 0.25) is 0 Å². The minimum absolute atomic E-state index is 0.142. The predicted octanol–water partition coefficient (Wildman–Crippen LogP) is 3.02. The van der Waals surface area contributed by atoms with Crippen LogP contribution in [0.25, 0.3) is 0 Å². The van der Waals surface area contributed by atoms with E-state index >= 15 is 0 Å². The Morgan fingerprint density at radius 2 is 2.08 bits per heavy atom. The Morgan fingerprint density at radius 3 is 2.88 bits per heavy atom. The molecule has 2 aliphatic rings. The number of hydrogen-bond acceptors (Lipinski definition) is 6. The molecular formula is C18H24N4OS. The molecule has 2 aliphatic heterocycles. The van der Waals surface area contributed by atoms with E-state index in [0.29, 0.717) is 6.61 Å². The average Bonchev–Trinajstić information content (AvgIpc) is 3.28. The molecule has 0 saturated carbocycles. The molecule has 5 nitrogen and oxygen atoms in total. The van der Waals surface area contributed by atoms with Crippen molar-refractivity contribution in [2.75, 3.05) is 37.7 Å². The van der Waals surface area contributed by atoms with Gasteiger partial charge in [-0.3, -0.25) is 4.90 Å². The molecule has 4 rings (SSSR count). The molecule has 2 saturated heterocycles. The highest BCUT2D eigenvalue weighted by Gasteiger charge is 2.28. The van der Waals surface area contributed by atoms with Crippen molar-refractivity contribution in [1.82, 2.24) is 14.9 Å². The number of nitrogens with zero attached hydrogens (tertiary/aromatic N) is 4. The van der Waals surface area contributed by atoms with Crippen molar-refractivity contribution in [1.29, 1.82) is 0 Å². The molecule has 0 aliphatic carbocycles. The van der Waals surface area contributed by atoms with E-state index in [2.05, 4.69) is 33.8 Å². The third-order valence-corrected chi connectivity index (χ3v) is 5.77. The van der Waals surface area contributed by atoms with Crippen LogP contribution in [0.1, 0.15) is 34.5 Å². The van der Waals surface area contributed by atoms with Gasteiger partial charge >= 0.3 is 0 Å². The summed E-state index contributed by atoms with van der Waals surface area (Å²) >= 11 is 1.87. The second-order valence-corrected chi connectivity index (χ2v) is 7.91. The van der Waals surface area contributed by atoms with Gasteiger partial charge < -0.3 is 9.64 Å². The van der Waals surface area contributed by atoms with Crippen LogP contribution in [0.15, 0.2) is 24.4 Å². The Bertz CT molecular complexity index is 683. The number of ether oxygens (including phenoxy) is 1. The average molecular weight is 344 g/mol. The molecule has 0 radical (unpaired) electrons. The second kappa shape index (κ2) is 7.17. The highest BCUT2D eigenvalue weighted by atomic mass is 32.1. The van der Waals surface area contributed by atoms with E-state index < -0.39 is 0 Å². The van der Waals surface area contributed by atoms with Crippen LogP contribution in [-0.2, 0) is 11.3 Å². The maximum atomic E-state index is 5.74. The van der Waals surface area contributed by atoms with Gasteiger partial charge in [-0.05, 0) is 38.0 Å². The Kier molecular flexibility index (Phi) is 4.78. The Morgan fingerprint density at radius 1 is 1.21 bits per heavy atom. The Hall–Kier alpha value is -1.50. The lowest BCUT2D eigenvalue weighted by atomic mass is 10.2. The highest BCUT2D eigenvalue weighted by molar-refractivity contribution is 7.11. The molecule has 0 spiro atoms. The van der Waals surface area contributed by atoms with Crippen LogP contribution in [0.4, 0.5) is 5.82 Å². The summed E-state index contributed by atoms with van der Waals surface area (Å²) in [6, 6.07) is 6.60. The van der Waals surface area contributed by atoms with Crippen molar-refractivity contribution in [2.45, 2.75) is 32.4 Å². The molecule has 2 aromatic rings. The van der Waals surface area contributed by atoms with Gasteiger partial charge in [-0.1, -0.05) is 0 Å². The smallest absolute Gasteiger partial charge is 0.150 e. The summed E-state index contributed by atoms with van der Waals surface area (Å²) < 4.78 is 5.74. The molecule has 2 aromatic heterocycles. The van der Waals surface area contributed by atoms with Crippen molar-refractivity contribution >= 4 is 17.2 Å². The van der Waals surface area contributed by atoms with E-state index in [4.69, 9.17) is 9.72 Å². The molecular weight excluding hydrogens is 320 g/mol. The molecule has 1 atom stereocenters. The van der Waals surface area contributed by atoms with Crippen LogP contribution in [0, 0.1) is 6.92 Å². The van der Waals surface area contributed by atoms with E-state index in [1.165, 1.54) is 22.6 Å². The molecule has 0 bridgehead atoms. The molecule has 4 heterocycles. The molecule has 0 N–H and O–H groups in total. The Balaban J connectivity index is 1.54. The first-order valence-corrected chi connectivity index (χ1v) is 9.56. The fraction of sp³-hybridized carbons (Fsp3) is 0.556. The molecule has 128 valence electrons. The largest absolute Gasteiger partial charge is 0.378 e. The van der Waals surface area contributed by atoms with E-state index in [9.17, 15) is 0 Å². The SMILES string of the molecule is Cc1ccc(CN2CCOCC2c2nccc(N3CCCC3)n2)s1. The van der Waals surface area contributed by atoms with Crippen molar-refractivity contribution < 1.29 is 4.74 Å². The highest BCUT2D eigenvalue weighted by Crippen LogP contribution is 2.27. The normalized spacial score (nSPS) is 22.2. The van der Waals surface area contributed by atoms with Gasteiger partial charge in [-0.2, -0.15) is 0 Å². The Labute approximate surface area is 147 Å². The van der Waals surface area contributed by atoms with E-state index in [-0.39, 0.29) is 6.04 Å². The number of hydrogen-bond donors (Lipinski definition) is 0. The zero-order valence-corrected chi connectivity index (χ0v) is 15.0. The first-order valence-electron chi connectivity index (χ1n) is 8.74. The zero-order valence-electron chi connectivity index (χ0n) is 14.1. The van der Waals surface area contributed by atoms with Gasteiger partial charge in [0.15, 0.2) is 0 Å². The number of anilines is 1. The monoisotopic (exact) mass is 344 g/mol. The fourth-order valence-electron chi connectivity index (χ4n) is 3.48. The van der Waals surface area contributed by atoms with Crippen molar-refractivity contribution in [3.63, 3.8) is 0 Å². The first-order chi connectivity index (χ1) is 11.8. The molecule has 0 aromatic carbocycles. The first kappa shape index (κ1) is 16.0. The van der Waals surface area contributed by atoms with Crippen molar-refractivity contribution in [3.8, 4) is 0 Å². The topological polar surface area (TPSA) is 41.5 Å². The standard InChI is InChI=1S/C18H24N4OS/c1-14-4-5-15(24-14)12-22-10-11-23-13-16(22)18-19-7-6-17(20-18)21-8-2-3-9-21/h4-7,16H,2-3,8-13H2,1H3. The number of aromatic nitrogens is 2. The quantitative estimate of drug-likeness (QED) is 0.853. The number of rotatable bonds is 4. The maximum absolute atomic E-state index is 5.74. The summed E-state index contributed by atoms with van der Waals surface area (Å²) in [4.78, 5) is 17.0. The predicted molar refractivity (Wildman–Crippen MR) is 96.5 cm³/mol. The lowest BCUT2D eigenvalue weighted by Crippen LogP contribution is -2.39. The van der Waals surface area contributed by atoms with Gasteiger partial charge in [0.25, 0.3) is 0 Å². The zero-order chi connectivity index (χ0) is 16.4. The third kappa shape index (κ3) is 3.45. The lowest BCUT2D eigenvalue weighted by Gasteiger charge is -2.34. The summed E-state index contributed by atoms with van der Waals surface area (Å²) in [5.74, 6) is 1.96. The van der Waals surface area contributed by atoms with Crippen molar-refractivity contribution in [3.05, 3.63) is 40.0 Å². The van der Waals surface area contributed by atoms with E-state index in [0.717, 1.165) is 44.4 Å².